The molecule has 0 aromatic carbocycles. The summed E-state index contributed by atoms with van der Waals surface area (Å²) < 4.78 is 0. The molecule has 0 saturated carbocycles. The lowest BCUT2D eigenvalue weighted by Gasteiger charge is -2.25. The molecule has 0 radical (unpaired) electrons. The molecular weight excluding hydrogens is 280 g/mol. The Labute approximate surface area is 122 Å². The van der Waals surface area contributed by atoms with E-state index in [1.165, 1.54) is 4.88 Å². The van der Waals surface area contributed by atoms with Crippen LogP contribution in [0, 0.1) is 0 Å². The van der Waals surface area contributed by atoms with Gasteiger partial charge < -0.3 is 20.4 Å². The average molecular weight is 300 g/mol. The van der Waals surface area contributed by atoms with Crippen LogP contribution in [0.25, 0.3) is 0 Å². The van der Waals surface area contributed by atoms with E-state index in [9.17, 15) is 9.59 Å². The molecular formula is C13H20N2O4S. The normalized spacial score (nSPS) is 13.6. The highest BCUT2D eigenvalue weighted by atomic mass is 32.1. The van der Waals surface area contributed by atoms with E-state index < -0.39 is 12.1 Å². The summed E-state index contributed by atoms with van der Waals surface area (Å²) in [6.45, 7) is 2.08. The Morgan fingerprint density at radius 2 is 2.20 bits per heavy atom. The van der Waals surface area contributed by atoms with E-state index in [2.05, 4.69) is 5.32 Å². The van der Waals surface area contributed by atoms with E-state index in [1.807, 2.05) is 24.4 Å². The summed E-state index contributed by atoms with van der Waals surface area (Å²) >= 11 is 1.65. The number of nitrogens with zero attached hydrogens (tertiary/aromatic N) is 1. The molecule has 20 heavy (non-hydrogen) atoms. The third-order valence-electron chi connectivity index (χ3n) is 3.04. The maximum Gasteiger partial charge on any atom is 0.332 e. The van der Waals surface area contributed by atoms with Gasteiger partial charge in [0, 0.05) is 37.4 Å². The number of carbonyl (C=O) groups excluding carboxylic acids is 1. The monoisotopic (exact) mass is 300 g/mol. The van der Waals surface area contributed by atoms with Crippen LogP contribution in [-0.4, -0.2) is 52.9 Å². The number of aliphatic hydroxyl groups is 1. The molecule has 2 unspecified atom stereocenters. The van der Waals surface area contributed by atoms with E-state index in [4.69, 9.17) is 10.2 Å². The van der Waals surface area contributed by atoms with Crippen molar-refractivity contribution in [2.75, 3.05) is 13.6 Å². The number of aliphatic hydroxyl groups excluding tert-OH is 1. The topological polar surface area (TPSA) is 89.9 Å². The number of thiophene rings is 1. The van der Waals surface area contributed by atoms with Crippen molar-refractivity contribution in [3.63, 3.8) is 0 Å². The first kappa shape index (κ1) is 16.5. The molecule has 0 aliphatic carbocycles. The van der Waals surface area contributed by atoms with Gasteiger partial charge in [-0.05, 0) is 18.4 Å². The molecule has 0 aliphatic heterocycles. The van der Waals surface area contributed by atoms with Gasteiger partial charge in [-0.1, -0.05) is 6.07 Å². The summed E-state index contributed by atoms with van der Waals surface area (Å²) in [5.74, 6) is -1.28. The zero-order valence-electron chi connectivity index (χ0n) is 11.6. The Morgan fingerprint density at radius 1 is 1.50 bits per heavy atom. The number of amides is 2. The molecule has 0 fully saturated rings. The van der Waals surface area contributed by atoms with Crippen LogP contribution in [0.1, 0.15) is 18.2 Å². The summed E-state index contributed by atoms with van der Waals surface area (Å²) in [6, 6.07) is 3.76. The standard InChI is InChI=1S/C13H20N2O4S/c1-9(8-10-4-3-7-20-10)15(2)13(19)14-6-5-11(16)12(17)18/h3-4,7,9,11,16H,5-6,8H2,1-2H3,(H,14,19)(H,17,18). The molecule has 2 amide bonds. The number of carboxylic acids is 1. The highest BCUT2D eigenvalue weighted by Crippen LogP contribution is 2.13. The number of nitrogens with one attached hydrogen (secondary N) is 1. The van der Waals surface area contributed by atoms with Gasteiger partial charge in [0.15, 0.2) is 6.10 Å². The van der Waals surface area contributed by atoms with Gasteiger partial charge in [0.2, 0.25) is 0 Å². The number of hydrogen-bond donors (Lipinski definition) is 3. The second kappa shape index (κ2) is 7.86. The largest absolute Gasteiger partial charge is 0.479 e. The van der Waals surface area contributed by atoms with Gasteiger partial charge in [-0.2, -0.15) is 0 Å². The Hall–Kier alpha value is -1.60. The SMILES string of the molecule is CC(Cc1cccs1)N(C)C(=O)NCCC(O)C(=O)O. The first-order valence-electron chi connectivity index (χ1n) is 6.35. The number of likely N-dealkylation sites (N-methyl/N-ethyl adjacent to an activating group) is 1. The molecule has 7 heteroatoms. The average Bonchev–Trinajstić information content (AvgIpc) is 2.90. The van der Waals surface area contributed by atoms with Crippen LogP contribution in [-0.2, 0) is 11.2 Å². The van der Waals surface area contributed by atoms with E-state index in [0.29, 0.717) is 0 Å². The van der Waals surface area contributed by atoms with Crippen molar-refractivity contribution in [1.82, 2.24) is 10.2 Å². The van der Waals surface area contributed by atoms with E-state index in [-0.39, 0.29) is 25.0 Å². The van der Waals surface area contributed by atoms with Crippen LogP contribution in [0.2, 0.25) is 0 Å². The first-order chi connectivity index (χ1) is 9.41. The minimum absolute atomic E-state index is 0.00574. The van der Waals surface area contributed by atoms with Gasteiger partial charge in [-0.3, -0.25) is 0 Å². The Kier molecular flexibility index (Phi) is 6.47. The predicted molar refractivity (Wildman–Crippen MR) is 76.9 cm³/mol. The van der Waals surface area contributed by atoms with Gasteiger partial charge in [0.05, 0.1) is 0 Å². The number of rotatable bonds is 7. The summed E-state index contributed by atoms with van der Waals surface area (Å²) in [5.41, 5.74) is 0. The van der Waals surface area contributed by atoms with Crippen LogP contribution in [0.4, 0.5) is 4.79 Å². The minimum atomic E-state index is -1.44. The molecule has 2 atom stereocenters. The Balaban J connectivity index is 2.33. The second-order valence-electron chi connectivity index (χ2n) is 4.62. The number of carbonyl (C=O) groups is 2. The van der Waals surface area contributed by atoms with Crippen molar-refractivity contribution in [2.24, 2.45) is 0 Å². The summed E-state index contributed by atoms with van der Waals surface area (Å²) in [4.78, 5) is 25.1. The Bertz CT molecular complexity index is 436. The molecule has 1 aromatic heterocycles. The van der Waals surface area contributed by atoms with E-state index in [1.54, 1.807) is 23.3 Å². The number of urea groups is 1. The maximum absolute atomic E-state index is 11.9. The van der Waals surface area contributed by atoms with Crippen LogP contribution in [0.15, 0.2) is 17.5 Å². The molecule has 6 nitrogen and oxygen atoms in total. The van der Waals surface area contributed by atoms with Gasteiger partial charge in [0.1, 0.15) is 0 Å². The van der Waals surface area contributed by atoms with Gasteiger partial charge in [-0.25, -0.2) is 9.59 Å². The maximum atomic E-state index is 11.9. The predicted octanol–water partition coefficient (Wildman–Crippen LogP) is 1.16. The molecule has 112 valence electrons. The van der Waals surface area contributed by atoms with E-state index in [0.717, 1.165) is 6.42 Å². The lowest BCUT2D eigenvalue weighted by molar-refractivity contribution is -0.146. The van der Waals surface area contributed by atoms with Crippen LogP contribution in [0.3, 0.4) is 0 Å². The highest BCUT2D eigenvalue weighted by molar-refractivity contribution is 7.09. The second-order valence-corrected chi connectivity index (χ2v) is 5.65. The zero-order valence-corrected chi connectivity index (χ0v) is 12.4. The van der Waals surface area contributed by atoms with Gasteiger partial charge in [0.25, 0.3) is 0 Å². The third-order valence-corrected chi connectivity index (χ3v) is 3.94. The third kappa shape index (κ3) is 5.18. The molecule has 1 aromatic rings. The molecule has 0 saturated heterocycles. The van der Waals surface area contributed by atoms with Crippen LogP contribution < -0.4 is 5.32 Å². The fourth-order valence-electron chi connectivity index (χ4n) is 1.62. The minimum Gasteiger partial charge on any atom is -0.479 e. The molecule has 1 heterocycles. The molecule has 0 spiro atoms. The smallest absolute Gasteiger partial charge is 0.332 e. The first-order valence-corrected chi connectivity index (χ1v) is 7.23. The molecule has 3 N–H and O–H groups in total. The quantitative estimate of drug-likeness (QED) is 0.705. The number of hydrogen-bond acceptors (Lipinski definition) is 4. The summed E-state index contributed by atoms with van der Waals surface area (Å²) in [6.07, 6.45) is -0.669. The Morgan fingerprint density at radius 3 is 2.75 bits per heavy atom. The van der Waals surface area contributed by atoms with Crippen LogP contribution in [0.5, 0.6) is 0 Å². The van der Waals surface area contributed by atoms with Crippen molar-refractivity contribution in [3.8, 4) is 0 Å². The lowest BCUT2D eigenvalue weighted by Crippen LogP contribution is -2.44. The van der Waals surface area contributed by atoms with Crippen molar-refractivity contribution >= 4 is 23.3 Å². The van der Waals surface area contributed by atoms with Gasteiger partial charge >= 0.3 is 12.0 Å². The number of aliphatic carboxylic acids is 1. The summed E-state index contributed by atoms with van der Waals surface area (Å²) in [5, 5.41) is 22.2. The fourth-order valence-corrected chi connectivity index (χ4v) is 2.45. The van der Waals surface area contributed by atoms with Crippen LogP contribution >= 0.6 is 11.3 Å². The van der Waals surface area contributed by atoms with Gasteiger partial charge in [-0.15, -0.1) is 11.3 Å². The van der Waals surface area contributed by atoms with Crippen molar-refractivity contribution in [3.05, 3.63) is 22.4 Å². The molecule has 1 rings (SSSR count). The molecule has 0 aliphatic rings. The van der Waals surface area contributed by atoms with Crippen molar-refractivity contribution < 1.29 is 19.8 Å². The van der Waals surface area contributed by atoms with Crippen molar-refractivity contribution in [1.29, 1.82) is 0 Å². The number of carboxylic acid groups (broad SMARTS) is 1. The van der Waals surface area contributed by atoms with E-state index >= 15 is 0 Å². The highest BCUT2D eigenvalue weighted by Gasteiger charge is 2.17. The summed E-state index contributed by atoms with van der Waals surface area (Å²) in [7, 11) is 1.70. The van der Waals surface area contributed by atoms with Crippen molar-refractivity contribution in [2.45, 2.75) is 31.9 Å². The lowest BCUT2D eigenvalue weighted by atomic mass is 10.2. The fraction of sp³-hybridized carbons (Fsp3) is 0.538. The zero-order chi connectivity index (χ0) is 15.1. The molecule has 0 bridgehead atoms.